The Bertz CT molecular complexity index is 582. The van der Waals surface area contributed by atoms with Crippen molar-refractivity contribution in [3.63, 3.8) is 0 Å². The molecule has 0 spiro atoms. The predicted octanol–water partition coefficient (Wildman–Crippen LogP) is 3.97. The minimum Gasteiger partial charge on any atom is -0.380 e. The number of nitrogens with one attached hydrogen (secondary N) is 1. The number of thioether (sulfide) groups is 1. The molecule has 1 fully saturated rings. The molecule has 1 aromatic heterocycles. The predicted molar refractivity (Wildman–Crippen MR) is 90.1 cm³/mol. The summed E-state index contributed by atoms with van der Waals surface area (Å²) in [6.07, 6.45) is 1.32. The van der Waals surface area contributed by atoms with Crippen LogP contribution in [0.25, 0.3) is 10.6 Å². The number of benzene rings is 1. The number of ether oxygens (including phenoxy) is 1. The first-order valence-electron chi connectivity index (χ1n) is 7.25. The Labute approximate surface area is 134 Å². The van der Waals surface area contributed by atoms with Gasteiger partial charge in [0.25, 0.3) is 0 Å². The first-order valence-corrected chi connectivity index (χ1v) is 9.11. The van der Waals surface area contributed by atoms with Crippen molar-refractivity contribution < 1.29 is 4.74 Å². The fourth-order valence-corrected chi connectivity index (χ4v) is 4.09. The molecule has 1 N–H and O–H groups in total. The maximum atomic E-state index is 5.40. The maximum Gasteiger partial charge on any atom is 0.123 e. The van der Waals surface area contributed by atoms with E-state index in [0.29, 0.717) is 12.1 Å². The lowest BCUT2D eigenvalue weighted by atomic mass is 10.1. The molecule has 2 heterocycles. The summed E-state index contributed by atoms with van der Waals surface area (Å²) in [5, 5.41) is 6.74. The number of hydrogen-bond acceptors (Lipinski definition) is 5. The molecule has 21 heavy (non-hydrogen) atoms. The van der Waals surface area contributed by atoms with E-state index in [1.165, 1.54) is 10.5 Å². The molecule has 2 aromatic rings. The van der Waals surface area contributed by atoms with Crippen molar-refractivity contribution in [2.75, 3.05) is 19.4 Å². The Morgan fingerprint density at radius 1 is 1.38 bits per heavy atom. The van der Waals surface area contributed by atoms with Crippen molar-refractivity contribution in [1.82, 2.24) is 10.3 Å². The highest BCUT2D eigenvalue weighted by Crippen LogP contribution is 2.31. The lowest BCUT2D eigenvalue weighted by Crippen LogP contribution is -2.16. The van der Waals surface area contributed by atoms with E-state index in [1.807, 2.05) is 11.8 Å². The molecular formula is C16H20N2OS2. The van der Waals surface area contributed by atoms with Crippen LogP contribution in [0.1, 0.15) is 25.1 Å². The molecule has 1 saturated heterocycles. The van der Waals surface area contributed by atoms with Gasteiger partial charge in [-0.25, -0.2) is 4.98 Å². The molecule has 1 aliphatic heterocycles. The summed E-state index contributed by atoms with van der Waals surface area (Å²) in [6.45, 7) is 3.09. The van der Waals surface area contributed by atoms with E-state index < -0.39 is 0 Å². The zero-order valence-electron chi connectivity index (χ0n) is 12.3. The average molecular weight is 320 g/mol. The van der Waals surface area contributed by atoms with Crippen LogP contribution in [-0.4, -0.2) is 30.5 Å². The molecule has 0 aliphatic carbocycles. The second-order valence-corrected chi connectivity index (χ2v) is 7.28. The Kier molecular flexibility index (Phi) is 4.95. The van der Waals surface area contributed by atoms with Crippen molar-refractivity contribution in [3.8, 4) is 10.6 Å². The van der Waals surface area contributed by atoms with Gasteiger partial charge in [0, 0.05) is 29.5 Å². The largest absolute Gasteiger partial charge is 0.380 e. The standard InChI is InChI=1S/C16H20N2OS2/c1-3-20-13-6-4-11(5-7-13)16-18-15(10-21-16)14-8-12(19-2)9-17-14/h4-7,10,12,14,17H,3,8-9H2,1-2H3. The van der Waals surface area contributed by atoms with E-state index >= 15 is 0 Å². The van der Waals surface area contributed by atoms with Crippen molar-refractivity contribution in [3.05, 3.63) is 35.3 Å². The minimum absolute atomic E-state index is 0.311. The highest BCUT2D eigenvalue weighted by molar-refractivity contribution is 7.99. The van der Waals surface area contributed by atoms with Gasteiger partial charge in [0.2, 0.25) is 0 Å². The van der Waals surface area contributed by atoms with Gasteiger partial charge in [-0.05, 0) is 24.3 Å². The average Bonchev–Trinajstić information content (AvgIpc) is 3.17. The molecule has 0 amide bonds. The van der Waals surface area contributed by atoms with Gasteiger partial charge >= 0.3 is 0 Å². The van der Waals surface area contributed by atoms with E-state index in [-0.39, 0.29) is 0 Å². The van der Waals surface area contributed by atoms with Gasteiger partial charge < -0.3 is 10.1 Å². The van der Waals surface area contributed by atoms with Crippen LogP contribution < -0.4 is 5.32 Å². The van der Waals surface area contributed by atoms with Crippen molar-refractivity contribution >= 4 is 23.1 Å². The third-order valence-electron chi connectivity index (χ3n) is 3.72. The van der Waals surface area contributed by atoms with Gasteiger partial charge in [0.15, 0.2) is 0 Å². The highest BCUT2D eigenvalue weighted by atomic mass is 32.2. The lowest BCUT2D eigenvalue weighted by Gasteiger charge is -2.06. The topological polar surface area (TPSA) is 34.1 Å². The molecule has 1 aromatic carbocycles. The molecule has 1 aliphatic rings. The second-order valence-electron chi connectivity index (χ2n) is 5.09. The summed E-state index contributed by atoms with van der Waals surface area (Å²) in [6, 6.07) is 9.02. The summed E-state index contributed by atoms with van der Waals surface area (Å²) in [7, 11) is 1.77. The molecule has 5 heteroatoms. The summed E-state index contributed by atoms with van der Waals surface area (Å²) in [5.74, 6) is 1.11. The van der Waals surface area contributed by atoms with Gasteiger partial charge in [-0.1, -0.05) is 19.1 Å². The second kappa shape index (κ2) is 6.92. The van der Waals surface area contributed by atoms with Crippen LogP contribution in [0.3, 0.4) is 0 Å². The molecule has 3 nitrogen and oxygen atoms in total. The van der Waals surface area contributed by atoms with Gasteiger partial charge in [0.1, 0.15) is 5.01 Å². The van der Waals surface area contributed by atoms with E-state index in [4.69, 9.17) is 9.72 Å². The smallest absolute Gasteiger partial charge is 0.123 e. The van der Waals surface area contributed by atoms with Crippen LogP contribution in [0.5, 0.6) is 0 Å². The zero-order valence-corrected chi connectivity index (χ0v) is 14.0. The molecule has 0 bridgehead atoms. The summed E-state index contributed by atoms with van der Waals surface area (Å²) in [5.41, 5.74) is 2.34. The zero-order chi connectivity index (χ0) is 14.7. The first-order chi connectivity index (χ1) is 10.3. The van der Waals surface area contributed by atoms with Gasteiger partial charge in [-0.2, -0.15) is 0 Å². The minimum atomic E-state index is 0.311. The molecule has 112 valence electrons. The number of rotatable bonds is 5. The van der Waals surface area contributed by atoms with Gasteiger partial charge in [0.05, 0.1) is 17.8 Å². The van der Waals surface area contributed by atoms with Crippen LogP contribution in [0.15, 0.2) is 34.5 Å². The summed E-state index contributed by atoms with van der Waals surface area (Å²) in [4.78, 5) is 6.12. The normalized spacial score (nSPS) is 21.8. The molecule has 0 saturated carbocycles. The first kappa shape index (κ1) is 15.0. The van der Waals surface area contributed by atoms with Crippen LogP contribution in [0.4, 0.5) is 0 Å². The third-order valence-corrected chi connectivity index (χ3v) is 5.52. The van der Waals surface area contributed by atoms with Crippen LogP contribution in [0.2, 0.25) is 0 Å². The fourth-order valence-electron chi connectivity index (χ4n) is 2.55. The van der Waals surface area contributed by atoms with Crippen molar-refractivity contribution in [2.45, 2.75) is 30.4 Å². The third kappa shape index (κ3) is 3.48. The van der Waals surface area contributed by atoms with E-state index in [2.05, 4.69) is 41.9 Å². The van der Waals surface area contributed by atoms with Crippen molar-refractivity contribution in [1.29, 1.82) is 0 Å². The number of nitrogens with zero attached hydrogens (tertiary/aromatic N) is 1. The Morgan fingerprint density at radius 2 is 2.19 bits per heavy atom. The number of thiazole rings is 1. The summed E-state index contributed by atoms with van der Waals surface area (Å²) >= 11 is 3.59. The van der Waals surface area contributed by atoms with E-state index in [9.17, 15) is 0 Å². The fraction of sp³-hybridized carbons (Fsp3) is 0.438. The monoisotopic (exact) mass is 320 g/mol. The number of hydrogen-bond donors (Lipinski definition) is 1. The van der Waals surface area contributed by atoms with E-state index in [0.717, 1.165) is 29.4 Å². The lowest BCUT2D eigenvalue weighted by molar-refractivity contribution is 0.117. The Balaban J connectivity index is 1.72. The van der Waals surface area contributed by atoms with Crippen LogP contribution in [0, 0.1) is 0 Å². The molecule has 2 atom stereocenters. The highest BCUT2D eigenvalue weighted by Gasteiger charge is 2.26. The van der Waals surface area contributed by atoms with Crippen LogP contribution >= 0.6 is 23.1 Å². The number of methoxy groups -OCH3 is 1. The van der Waals surface area contributed by atoms with Crippen molar-refractivity contribution in [2.24, 2.45) is 0 Å². The maximum absolute atomic E-state index is 5.40. The molecule has 0 radical (unpaired) electrons. The summed E-state index contributed by atoms with van der Waals surface area (Å²) < 4.78 is 5.40. The van der Waals surface area contributed by atoms with Gasteiger partial charge in [-0.15, -0.1) is 23.1 Å². The molecular weight excluding hydrogens is 300 g/mol. The molecule has 2 unspecified atom stereocenters. The Hall–Kier alpha value is -0.880. The van der Waals surface area contributed by atoms with Gasteiger partial charge in [-0.3, -0.25) is 0 Å². The van der Waals surface area contributed by atoms with E-state index in [1.54, 1.807) is 18.4 Å². The van der Waals surface area contributed by atoms with Crippen LogP contribution in [-0.2, 0) is 4.74 Å². The SMILES string of the molecule is CCSc1ccc(-c2nc(C3CC(OC)CN3)cs2)cc1. The Morgan fingerprint density at radius 3 is 2.86 bits per heavy atom. The quantitative estimate of drug-likeness (QED) is 0.845. The molecule has 3 rings (SSSR count). The number of aromatic nitrogens is 1.